The summed E-state index contributed by atoms with van der Waals surface area (Å²) in [7, 11) is 0. The van der Waals surface area contributed by atoms with Gasteiger partial charge >= 0.3 is 55.5 Å². The van der Waals surface area contributed by atoms with Gasteiger partial charge in [0.25, 0.3) is 11.5 Å². The summed E-state index contributed by atoms with van der Waals surface area (Å²) in [5.41, 5.74) is -30.1. The molecule has 7 rings (SSSR count). The standard InChI is InChI=1S/C32H12BF24.C19H13F3NO/c34-25(35,36)13-1-14(26(37,38)39)6-21(5-13)33(22-7-15(27(40,41)42)2-16(8-22)28(43,44)45,23-9-17(29(46,47)48)3-18(10-23)30(49,50)51)24-11-19(31(52,53)54)4-20(12-24)32(55,56)57;20-17(19(21)22)18-15-9-5-4-6-13(15)10-11-23(18)12-16(24)14-7-2-1-3-8-14/h1-12H;1-11H,12H2/q-1;+1. The molecule has 0 aliphatic heterocycles. The summed E-state index contributed by atoms with van der Waals surface area (Å²) in [5, 5.41) is 0.943. The molecule has 1 heterocycles. The number of pyridine rings is 1. The second-order valence-corrected chi connectivity index (χ2v) is 17.5. The highest BCUT2D eigenvalue weighted by Crippen LogP contribution is 2.42. The highest BCUT2D eigenvalue weighted by Gasteiger charge is 2.47. The number of hydrogen-bond acceptors (Lipinski definition) is 1. The summed E-state index contributed by atoms with van der Waals surface area (Å²) in [6.45, 7) is -0.231. The number of Topliss-reactive ketones (excluding diaryl/α,β-unsaturated/α-hetero) is 1. The van der Waals surface area contributed by atoms with E-state index in [1.807, 2.05) is 0 Å². The van der Waals surface area contributed by atoms with E-state index in [1.165, 1.54) is 10.8 Å². The minimum absolute atomic E-state index is 0.231. The van der Waals surface area contributed by atoms with Crippen molar-refractivity contribution in [3.8, 4) is 0 Å². The van der Waals surface area contributed by atoms with Crippen LogP contribution in [0.15, 0.2) is 146 Å². The SMILES string of the molecule is FC(F)(F)c1cc([B-](c2cc(C(F)(F)F)cc(C(F)(F)F)c2)(c2cc(C(F)(F)F)cc(C(F)(F)F)c2)c2cc(C(F)(F)F)cc(C(F)(F)F)c2)cc(C(F)(F)F)c1.O=C(C[n+]1ccc2ccccc2c1C(F)=C(F)F)c1ccccc1. The Labute approximate surface area is 435 Å². The molecule has 0 aliphatic carbocycles. The van der Waals surface area contributed by atoms with E-state index in [9.17, 15) is 123 Å². The molecule has 0 fully saturated rings. The zero-order chi connectivity index (χ0) is 61.0. The first-order chi connectivity index (χ1) is 36.8. The van der Waals surface area contributed by atoms with Crippen LogP contribution in [0.3, 0.4) is 0 Å². The van der Waals surface area contributed by atoms with E-state index in [-0.39, 0.29) is 18.0 Å². The fraction of sp³-hybridized carbons (Fsp3) is 0.176. The summed E-state index contributed by atoms with van der Waals surface area (Å²) in [5.74, 6) is -1.91. The summed E-state index contributed by atoms with van der Waals surface area (Å²) >= 11 is 0. The van der Waals surface area contributed by atoms with Gasteiger partial charge < -0.3 is 0 Å². The number of aromatic nitrogens is 1. The molecule has 7 aromatic rings. The van der Waals surface area contributed by atoms with Gasteiger partial charge in [0, 0.05) is 11.6 Å². The van der Waals surface area contributed by atoms with Crippen LogP contribution >= 0.6 is 0 Å². The molecule has 0 saturated heterocycles. The van der Waals surface area contributed by atoms with Gasteiger partial charge in [-0.1, -0.05) is 97.1 Å². The van der Waals surface area contributed by atoms with Gasteiger partial charge in [-0.15, -0.1) is 0 Å². The number of rotatable bonds is 8. The second-order valence-electron chi connectivity index (χ2n) is 17.5. The quantitative estimate of drug-likeness (QED) is 0.0643. The van der Waals surface area contributed by atoms with Crippen molar-refractivity contribution in [3.05, 3.63) is 202 Å². The fourth-order valence-corrected chi connectivity index (χ4v) is 8.66. The van der Waals surface area contributed by atoms with E-state index in [2.05, 4.69) is 0 Å². The molecular weight excluding hydrogens is 1170 g/mol. The molecule has 81 heavy (non-hydrogen) atoms. The van der Waals surface area contributed by atoms with Gasteiger partial charge in [0.1, 0.15) is 6.15 Å². The van der Waals surface area contributed by atoms with Crippen molar-refractivity contribution >= 4 is 50.4 Å². The van der Waals surface area contributed by atoms with Crippen LogP contribution in [0.1, 0.15) is 60.6 Å². The average Bonchev–Trinajstić information content (AvgIpc) is 3.47. The van der Waals surface area contributed by atoms with Crippen LogP contribution in [0.25, 0.3) is 16.6 Å². The van der Waals surface area contributed by atoms with Crippen molar-refractivity contribution in [1.29, 1.82) is 0 Å². The molecule has 0 radical (unpaired) electrons. The third-order valence-electron chi connectivity index (χ3n) is 12.2. The third-order valence-corrected chi connectivity index (χ3v) is 12.2. The lowest BCUT2D eigenvalue weighted by molar-refractivity contribution is -0.684. The lowest BCUT2D eigenvalue weighted by Crippen LogP contribution is -2.75. The van der Waals surface area contributed by atoms with E-state index in [4.69, 9.17) is 0 Å². The van der Waals surface area contributed by atoms with Crippen LogP contribution in [0.5, 0.6) is 0 Å². The molecule has 0 unspecified atom stereocenters. The van der Waals surface area contributed by atoms with Crippen molar-refractivity contribution in [2.24, 2.45) is 0 Å². The van der Waals surface area contributed by atoms with E-state index < -0.39 is 207 Å². The Morgan fingerprint density at radius 2 is 0.630 bits per heavy atom. The molecule has 6 aromatic carbocycles. The highest BCUT2D eigenvalue weighted by molar-refractivity contribution is 7.20. The molecular formula is C51H25BF27NO. The van der Waals surface area contributed by atoms with E-state index in [0.29, 0.717) is 16.3 Å². The van der Waals surface area contributed by atoms with E-state index in [0.717, 1.165) is 0 Å². The predicted octanol–water partition coefficient (Wildman–Crippen LogP) is 15.8. The van der Waals surface area contributed by atoms with Crippen LogP contribution in [0.2, 0.25) is 0 Å². The molecule has 0 aliphatic rings. The molecule has 2 nitrogen and oxygen atoms in total. The number of carbonyl (C=O) groups excluding carboxylic acids is 1. The monoisotopic (exact) mass is 1190 g/mol. The summed E-state index contributed by atoms with van der Waals surface area (Å²) < 4.78 is 382. The predicted molar refractivity (Wildman–Crippen MR) is 235 cm³/mol. The molecule has 1 aromatic heterocycles. The maximum Gasteiger partial charge on any atom is 0.416 e. The van der Waals surface area contributed by atoms with Crippen molar-refractivity contribution in [2.45, 2.75) is 56.0 Å². The zero-order valence-electron chi connectivity index (χ0n) is 39.1. The van der Waals surface area contributed by atoms with Gasteiger partial charge in [-0.2, -0.15) is 145 Å². The molecule has 0 N–H and O–H groups in total. The summed E-state index contributed by atoms with van der Waals surface area (Å²) in [4.78, 5) is 12.3. The number of fused-ring (bicyclic) bond motifs is 1. The lowest BCUT2D eigenvalue weighted by Gasteiger charge is -2.46. The van der Waals surface area contributed by atoms with Crippen molar-refractivity contribution < 1.29 is 128 Å². The van der Waals surface area contributed by atoms with Gasteiger partial charge in [0.2, 0.25) is 12.3 Å². The Kier molecular flexibility index (Phi) is 16.7. The van der Waals surface area contributed by atoms with Crippen molar-refractivity contribution in [2.75, 3.05) is 0 Å². The average molecular weight is 1190 g/mol. The molecule has 0 spiro atoms. The largest absolute Gasteiger partial charge is 0.416 e. The van der Waals surface area contributed by atoms with Gasteiger partial charge in [-0.05, 0) is 35.7 Å². The lowest BCUT2D eigenvalue weighted by atomic mass is 9.12. The Morgan fingerprint density at radius 1 is 0.358 bits per heavy atom. The van der Waals surface area contributed by atoms with Gasteiger partial charge in [-0.3, -0.25) is 4.79 Å². The van der Waals surface area contributed by atoms with Crippen LogP contribution in [-0.4, -0.2) is 11.9 Å². The highest BCUT2D eigenvalue weighted by atomic mass is 19.4. The number of carbonyl (C=O) groups is 1. The van der Waals surface area contributed by atoms with E-state index >= 15 is 0 Å². The van der Waals surface area contributed by atoms with Crippen LogP contribution < -0.4 is 26.4 Å². The van der Waals surface area contributed by atoms with Gasteiger partial charge in [0.15, 0.2) is 6.20 Å². The Balaban J connectivity index is 0.000000363. The first-order valence-electron chi connectivity index (χ1n) is 21.9. The molecule has 30 heteroatoms. The third kappa shape index (κ3) is 13.9. The topological polar surface area (TPSA) is 20.9 Å². The fourth-order valence-electron chi connectivity index (χ4n) is 8.66. The Bertz CT molecular complexity index is 3070. The van der Waals surface area contributed by atoms with E-state index in [1.54, 1.807) is 60.7 Å². The summed E-state index contributed by atoms with van der Waals surface area (Å²) in [6.07, 6.45) is -55.8. The maximum absolute atomic E-state index is 14.2. The van der Waals surface area contributed by atoms with Crippen molar-refractivity contribution in [3.63, 3.8) is 0 Å². The minimum Gasteiger partial charge on any atom is -0.287 e. The van der Waals surface area contributed by atoms with Crippen LogP contribution in [-0.2, 0) is 56.0 Å². The molecule has 0 saturated carbocycles. The maximum atomic E-state index is 14.2. The smallest absolute Gasteiger partial charge is 0.287 e. The number of halogens is 27. The molecule has 432 valence electrons. The number of ketones is 1. The number of hydrogen-bond donors (Lipinski definition) is 0. The number of alkyl halides is 24. The number of benzene rings is 6. The molecule has 0 atom stereocenters. The van der Waals surface area contributed by atoms with Crippen molar-refractivity contribution in [1.82, 2.24) is 0 Å². The molecule has 0 bridgehead atoms. The number of nitrogens with zero attached hydrogens (tertiary/aromatic N) is 1. The van der Waals surface area contributed by atoms with Gasteiger partial charge in [-0.25, -0.2) is 0 Å². The Hall–Kier alpha value is -7.69. The first kappa shape index (κ1) is 62.5. The van der Waals surface area contributed by atoms with Crippen LogP contribution in [0, 0.1) is 0 Å². The normalized spacial score (nSPS) is 13.2. The Morgan fingerprint density at radius 3 is 0.901 bits per heavy atom. The summed E-state index contributed by atoms with van der Waals surface area (Å²) in [6, 6.07) is 7.93. The first-order valence-corrected chi connectivity index (χ1v) is 21.9. The van der Waals surface area contributed by atoms with Crippen LogP contribution in [0.4, 0.5) is 119 Å². The minimum atomic E-state index is -6.13. The van der Waals surface area contributed by atoms with Gasteiger partial charge in [0.05, 0.1) is 49.9 Å². The second kappa shape index (κ2) is 21.7. The molecule has 0 amide bonds. The zero-order valence-corrected chi connectivity index (χ0v) is 39.1.